The molecule has 2 aliphatic rings. The summed E-state index contributed by atoms with van der Waals surface area (Å²) in [6.07, 6.45) is -0.267. The van der Waals surface area contributed by atoms with Crippen LogP contribution in [0.1, 0.15) is 57.4 Å². The van der Waals surface area contributed by atoms with Crippen LogP contribution in [0.4, 0.5) is 22.0 Å². The molecule has 234 valence electrons. The molecule has 2 fully saturated rings. The summed E-state index contributed by atoms with van der Waals surface area (Å²) in [5, 5.41) is 10.0. The standard InChI is InChI=1S/C31H24Cl2F5N4O3/c1-14-11-39-27(18-4-3-5-19(25(18)34)29(43)41-7-6-23(41)31(36,37)38)26(35)28(14)42-15(2)8-22(24(33)30(42)44)21-10-20(21)16-9-17(32)13-40(45)12-16/h3-5,8-9,11-13,20-21,23,45H,6-7,10H2,1-2H3/q+1/t20?,21-,23-/m1/s1. The molecule has 3 atom stereocenters. The molecule has 0 bridgehead atoms. The number of amides is 1. The van der Waals surface area contributed by atoms with E-state index in [1.54, 1.807) is 19.1 Å². The van der Waals surface area contributed by atoms with Crippen molar-refractivity contribution in [2.45, 2.75) is 50.7 Å². The molecule has 1 aromatic carbocycles. The lowest BCUT2D eigenvalue weighted by atomic mass is 9.98. The van der Waals surface area contributed by atoms with Crippen molar-refractivity contribution in [1.29, 1.82) is 0 Å². The summed E-state index contributed by atoms with van der Waals surface area (Å²) in [6, 6.07) is 4.74. The fourth-order valence-corrected chi connectivity index (χ4v) is 6.48. The minimum atomic E-state index is -4.67. The van der Waals surface area contributed by atoms with Gasteiger partial charge in [-0.15, -0.1) is 0 Å². The maximum atomic E-state index is 16.3. The molecule has 3 aromatic heterocycles. The van der Waals surface area contributed by atoms with Crippen LogP contribution in [0.25, 0.3) is 16.9 Å². The van der Waals surface area contributed by atoms with Gasteiger partial charge in [0.15, 0.2) is 5.82 Å². The number of carbonyl (C=O) groups excluding carboxylic acids is 1. The van der Waals surface area contributed by atoms with Gasteiger partial charge in [-0.1, -0.05) is 29.3 Å². The van der Waals surface area contributed by atoms with Gasteiger partial charge in [0.1, 0.15) is 27.6 Å². The molecular formula is C31H24Cl2F5N4O3+. The zero-order valence-corrected chi connectivity index (χ0v) is 25.2. The third-order valence-electron chi connectivity index (χ3n) is 8.36. The van der Waals surface area contributed by atoms with Crippen LogP contribution in [0.15, 0.2) is 53.7 Å². The van der Waals surface area contributed by atoms with Crippen LogP contribution in [0.2, 0.25) is 10.0 Å². The minimum absolute atomic E-state index is 0.0686. The van der Waals surface area contributed by atoms with E-state index in [2.05, 4.69) is 4.98 Å². The van der Waals surface area contributed by atoms with Gasteiger partial charge < -0.3 is 4.90 Å². The number of pyridine rings is 3. The van der Waals surface area contributed by atoms with Crippen molar-refractivity contribution in [3.05, 3.63) is 109 Å². The smallest absolute Gasteiger partial charge is 0.326 e. The molecule has 14 heteroatoms. The topological polar surface area (TPSA) is 79.3 Å². The number of aromatic nitrogens is 3. The lowest BCUT2D eigenvalue weighted by Crippen LogP contribution is -2.58. The minimum Gasteiger partial charge on any atom is -0.326 e. The maximum absolute atomic E-state index is 16.3. The van der Waals surface area contributed by atoms with Crippen molar-refractivity contribution in [2.24, 2.45) is 0 Å². The van der Waals surface area contributed by atoms with Crippen molar-refractivity contribution < 1.29 is 36.7 Å². The lowest BCUT2D eigenvalue weighted by Gasteiger charge is -2.41. The van der Waals surface area contributed by atoms with E-state index < -0.39 is 52.1 Å². The largest absolute Gasteiger partial charge is 0.408 e. The zero-order valence-electron chi connectivity index (χ0n) is 23.7. The SMILES string of the molecule is Cc1cnc(-c2cccc(C(=O)N3CC[C@@H]3C(F)(F)F)c2F)c(F)c1-n1c(C)cc([C@@H]2CC2c2cc(Cl)c[n+](O)c2)c(Cl)c1=O. The Hall–Kier alpha value is -4.03. The Morgan fingerprint density at radius 1 is 1.09 bits per heavy atom. The molecule has 1 saturated carbocycles. The van der Waals surface area contributed by atoms with Crippen molar-refractivity contribution in [3.63, 3.8) is 0 Å². The summed E-state index contributed by atoms with van der Waals surface area (Å²) in [5.74, 6) is -3.72. The Balaban J connectivity index is 1.38. The van der Waals surface area contributed by atoms with Gasteiger partial charge in [-0.25, -0.2) is 8.78 Å². The van der Waals surface area contributed by atoms with Gasteiger partial charge in [0.2, 0.25) is 12.4 Å². The first-order valence-electron chi connectivity index (χ1n) is 13.8. The van der Waals surface area contributed by atoms with Crippen LogP contribution in [-0.4, -0.2) is 44.3 Å². The maximum Gasteiger partial charge on any atom is 0.408 e. The van der Waals surface area contributed by atoms with Crippen molar-refractivity contribution in [1.82, 2.24) is 14.5 Å². The van der Waals surface area contributed by atoms with E-state index in [9.17, 15) is 28.0 Å². The predicted octanol–water partition coefficient (Wildman–Crippen LogP) is 6.67. The molecule has 1 unspecified atom stereocenters. The van der Waals surface area contributed by atoms with E-state index in [-0.39, 0.29) is 41.1 Å². The summed E-state index contributed by atoms with van der Waals surface area (Å²) in [5.41, 5.74) is -0.773. The zero-order chi connectivity index (χ0) is 32.5. The second-order valence-electron chi connectivity index (χ2n) is 11.3. The Kier molecular flexibility index (Phi) is 7.64. The molecule has 7 nitrogen and oxygen atoms in total. The van der Waals surface area contributed by atoms with Gasteiger partial charge >= 0.3 is 6.18 Å². The molecular weight excluding hydrogens is 642 g/mol. The Morgan fingerprint density at radius 3 is 2.47 bits per heavy atom. The molecule has 1 amide bonds. The van der Waals surface area contributed by atoms with Crippen LogP contribution >= 0.6 is 23.2 Å². The van der Waals surface area contributed by atoms with Gasteiger partial charge in [0.05, 0.1) is 11.3 Å². The van der Waals surface area contributed by atoms with Gasteiger partial charge in [-0.2, -0.15) is 13.2 Å². The molecule has 0 radical (unpaired) electrons. The van der Waals surface area contributed by atoms with E-state index >= 15 is 8.78 Å². The number of nitrogens with zero attached hydrogens (tertiary/aromatic N) is 4. The first kappa shape index (κ1) is 31.0. The Labute approximate surface area is 263 Å². The number of rotatable bonds is 5. The number of carbonyl (C=O) groups is 1. The number of alkyl halides is 3. The number of aryl methyl sites for hydroxylation is 2. The lowest BCUT2D eigenvalue weighted by molar-refractivity contribution is -0.905. The van der Waals surface area contributed by atoms with E-state index in [0.717, 1.165) is 27.0 Å². The van der Waals surface area contributed by atoms with Crippen molar-refractivity contribution >= 4 is 29.1 Å². The number of hydrogen-bond donors (Lipinski definition) is 1. The van der Waals surface area contributed by atoms with Gasteiger partial charge in [-0.05, 0) is 73.9 Å². The van der Waals surface area contributed by atoms with Gasteiger partial charge in [0, 0.05) is 34.3 Å². The third-order valence-corrected chi connectivity index (χ3v) is 8.95. The third kappa shape index (κ3) is 5.33. The molecule has 1 N–H and O–H groups in total. The van der Waals surface area contributed by atoms with Crippen molar-refractivity contribution in [3.8, 4) is 16.9 Å². The van der Waals surface area contributed by atoms with E-state index in [4.69, 9.17) is 23.2 Å². The average Bonchev–Trinajstić information content (AvgIpc) is 3.72. The predicted molar refractivity (Wildman–Crippen MR) is 154 cm³/mol. The van der Waals surface area contributed by atoms with Crippen LogP contribution in [-0.2, 0) is 0 Å². The van der Waals surface area contributed by atoms with Crippen LogP contribution in [0, 0.1) is 25.5 Å². The first-order valence-corrected chi connectivity index (χ1v) is 14.6. The highest BCUT2D eigenvalue weighted by Crippen LogP contribution is 2.56. The summed E-state index contributed by atoms with van der Waals surface area (Å²) in [6.45, 7) is 2.89. The normalized spacial score (nSPS) is 19.4. The Bertz CT molecular complexity index is 1930. The average molecular weight is 666 g/mol. The molecule has 1 aliphatic heterocycles. The van der Waals surface area contributed by atoms with E-state index in [0.29, 0.717) is 27.6 Å². The van der Waals surface area contributed by atoms with Crippen LogP contribution in [0.3, 0.4) is 0 Å². The highest BCUT2D eigenvalue weighted by Gasteiger charge is 2.51. The summed E-state index contributed by atoms with van der Waals surface area (Å²) < 4.78 is 73.7. The second-order valence-corrected chi connectivity index (χ2v) is 12.1. The fraction of sp³-hybridized carbons (Fsp3) is 0.290. The molecule has 4 heterocycles. The quantitative estimate of drug-likeness (QED) is 0.147. The monoisotopic (exact) mass is 665 g/mol. The molecule has 0 spiro atoms. The number of benzene rings is 1. The fourth-order valence-electron chi connectivity index (χ4n) is 5.97. The van der Waals surface area contributed by atoms with E-state index in [1.807, 2.05) is 0 Å². The Morgan fingerprint density at radius 2 is 1.82 bits per heavy atom. The molecule has 1 saturated heterocycles. The van der Waals surface area contributed by atoms with Crippen molar-refractivity contribution in [2.75, 3.05) is 6.54 Å². The van der Waals surface area contributed by atoms with Crippen LogP contribution in [0.5, 0.6) is 0 Å². The van der Waals surface area contributed by atoms with E-state index in [1.165, 1.54) is 31.6 Å². The van der Waals surface area contributed by atoms with Gasteiger partial charge in [-0.3, -0.25) is 24.3 Å². The van der Waals surface area contributed by atoms with Crippen LogP contribution < -0.4 is 10.3 Å². The number of hydrogen-bond acceptors (Lipinski definition) is 4. The molecule has 45 heavy (non-hydrogen) atoms. The highest BCUT2D eigenvalue weighted by molar-refractivity contribution is 6.31. The number of likely N-dealkylation sites (tertiary alicyclic amines) is 1. The van der Waals surface area contributed by atoms with Gasteiger partial charge in [0.25, 0.3) is 11.5 Å². The highest BCUT2D eigenvalue weighted by atomic mass is 35.5. The first-order chi connectivity index (χ1) is 21.2. The molecule has 6 rings (SSSR count). The number of halogens is 7. The molecule has 1 aliphatic carbocycles. The summed E-state index contributed by atoms with van der Waals surface area (Å²) in [7, 11) is 0. The summed E-state index contributed by atoms with van der Waals surface area (Å²) >= 11 is 12.6. The molecule has 4 aromatic rings. The second kappa shape index (κ2) is 11.1. The summed E-state index contributed by atoms with van der Waals surface area (Å²) in [4.78, 5) is 31.1.